The molecule has 206 valence electrons. The number of hydrogen-bond acceptors (Lipinski definition) is 10. The second-order valence-corrected chi connectivity index (χ2v) is 9.08. The summed E-state index contributed by atoms with van der Waals surface area (Å²) < 4.78 is 25.3. The van der Waals surface area contributed by atoms with E-state index in [1.807, 2.05) is 30.3 Å². The number of amides is 1. The molecule has 0 saturated heterocycles. The van der Waals surface area contributed by atoms with Crippen LogP contribution in [0.25, 0.3) is 0 Å². The highest BCUT2D eigenvalue weighted by atomic mass is 16.6. The number of benzene rings is 1. The van der Waals surface area contributed by atoms with Crippen LogP contribution in [0.3, 0.4) is 0 Å². The molecule has 12 heteroatoms. The highest BCUT2D eigenvalue weighted by Gasteiger charge is 2.30. The summed E-state index contributed by atoms with van der Waals surface area (Å²) in [4.78, 5) is 59.8. The number of carboxylic acids is 1. The maximum atomic E-state index is 12.3. The summed E-state index contributed by atoms with van der Waals surface area (Å²) in [5.41, 5.74) is 0.114. The topological polar surface area (TPSA) is 164 Å². The molecule has 1 aromatic carbocycles. The first-order chi connectivity index (χ1) is 17.2. The molecule has 0 radical (unpaired) electrons. The van der Waals surface area contributed by atoms with Crippen molar-refractivity contribution in [1.29, 1.82) is 0 Å². The van der Waals surface area contributed by atoms with Gasteiger partial charge < -0.3 is 34.1 Å². The Bertz CT molecular complexity index is 926. The molecule has 0 unspecified atom stereocenters. The van der Waals surface area contributed by atoms with Crippen molar-refractivity contribution in [2.75, 3.05) is 6.54 Å². The maximum Gasteiger partial charge on any atom is 0.407 e. The first kappa shape index (κ1) is 31.4. The molecule has 4 atom stereocenters. The van der Waals surface area contributed by atoms with Crippen LogP contribution in [0, 0.1) is 0 Å². The van der Waals surface area contributed by atoms with Crippen LogP contribution in [0.1, 0.15) is 53.5 Å². The number of carbonyl (C=O) groups excluding carboxylic acids is 4. The Morgan fingerprint density at radius 2 is 1.35 bits per heavy atom. The van der Waals surface area contributed by atoms with Gasteiger partial charge in [-0.3, -0.25) is 0 Å². The van der Waals surface area contributed by atoms with Crippen LogP contribution in [0.15, 0.2) is 30.3 Å². The van der Waals surface area contributed by atoms with Gasteiger partial charge in [0, 0.05) is 13.0 Å². The monoisotopic (exact) mass is 525 g/mol. The van der Waals surface area contributed by atoms with Crippen molar-refractivity contribution in [2.45, 2.75) is 84.6 Å². The fourth-order valence-electron chi connectivity index (χ4n) is 2.59. The third-order valence-electron chi connectivity index (χ3n) is 4.53. The van der Waals surface area contributed by atoms with E-state index in [0.717, 1.165) is 5.56 Å². The number of ether oxygens (including phenoxy) is 5. The van der Waals surface area contributed by atoms with Crippen LogP contribution in [0.5, 0.6) is 0 Å². The van der Waals surface area contributed by atoms with Gasteiger partial charge in [0.25, 0.3) is 0 Å². The van der Waals surface area contributed by atoms with Gasteiger partial charge in [-0.2, -0.15) is 0 Å². The number of esters is 3. The van der Waals surface area contributed by atoms with E-state index in [1.165, 1.54) is 20.8 Å². The Balaban J connectivity index is 2.48. The van der Waals surface area contributed by atoms with Gasteiger partial charge >= 0.3 is 30.0 Å². The predicted octanol–water partition coefficient (Wildman–Crippen LogP) is 2.37. The molecule has 0 aliphatic carbocycles. The molecule has 0 heterocycles. The molecule has 0 aromatic heterocycles. The van der Waals surface area contributed by atoms with Crippen LogP contribution >= 0.6 is 0 Å². The third kappa shape index (κ3) is 12.7. The smallest absolute Gasteiger partial charge is 0.407 e. The highest BCUT2D eigenvalue weighted by Crippen LogP contribution is 2.10. The summed E-state index contributed by atoms with van der Waals surface area (Å²) in [6, 6.07) is 9.14. The first-order valence-corrected chi connectivity index (χ1v) is 11.7. The van der Waals surface area contributed by atoms with E-state index >= 15 is 0 Å². The fraction of sp³-hybridized carbons (Fsp3) is 0.560. The Labute approximate surface area is 215 Å². The van der Waals surface area contributed by atoms with Crippen molar-refractivity contribution in [2.24, 2.45) is 0 Å². The molecule has 12 nitrogen and oxygen atoms in total. The van der Waals surface area contributed by atoms with E-state index in [-0.39, 0.29) is 19.6 Å². The Morgan fingerprint density at radius 1 is 0.838 bits per heavy atom. The van der Waals surface area contributed by atoms with E-state index in [0.29, 0.717) is 0 Å². The van der Waals surface area contributed by atoms with Crippen molar-refractivity contribution in [3.63, 3.8) is 0 Å². The van der Waals surface area contributed by atoms with Crippen molar-refractivity contribution >= 4 is 30.0 Å². The summed E-state index contributed by atoms with van der Waals surface area (Å²) in [6.07, 6.45) is -6.44. The Hall–Kier alpha value is -3.67. The van der Waals surface area contributed by atoms with Crippen molar-refractivity contribution in [3.8, 4) is 0 Å². The summed E-state index contributed by atoms with van der Waals surface area (Å²) in [5, 5.41) is 11.7. The number of hydrogen-bond donors (Lipinski definition) is 2. The molecule has 0 spiro atoms. The van der Waals surface area contributed by atoms with Gasteiger partial charge in [-0.25, -0.2) is 24.0 Å². The van der Waals surface area contributed by atoms with Gasteiger partial charge in [-0.05, 0) is 47.1 Å². The van der Waals surface area contributed by atoms with Crippen LogP contribution in [-0.4, -0.2) is 71.6 Å². The minimum atomic E-state index is -1.61. The lowest BCUT2D eigenvalue weighted by Gasteiger charge is -2.21. The van der Waals surface area contributed by atoms with Gasteiger partial charge in [0.05, 0.1) is 6.61 Å². The summed E-state index contributed by atoms with van der Waals surface area (Å²) >= 11 is 0. The zero-order chi connectivity index (χ0) is 28.2. The number of nitrogens with one attached hydrogen (secondary N) is 1. The van der Waals surface area contributed by atoms with Gasteiger partial charge in [0.1, 0.15) is 5.60 Å². The molecule has 0 fully saturated rings. The van der Waals surface area contributed by atoms with Gasteiger partial charge in [0.15, 0.2) is 18.3 Å². The maximum absolute atomic E-state index is 12.3. The van der Waals surface area contributed by atoms with Crippen molar-refractivity contribution in [1.82, 2.24) is 5.32 Å². The summed E-state index contributed by atoms with van der Waals surface area (Å²) in [6.45, 7) is 8.91. The number of aliphatic carboxylic acids is 1. The molecule has 0 aliphatic rings. The van der Waals surface area contributed by atoms with E-state index in [2.05, 4.69) is 5.32 Å². The van der Waals surface area contributed by atoms with Gasteiger partial charge in [0.2, 0.25) is 6.10 Å². The lowest BCUT2D eigenvalue weighted by molar-refractivity contribution is -0.184. The molecule has 2 N–H and O–H groups in total. The second-order valence-electron chi connectivity index (χ2n) is 9.08. The molecule has 1 rings (SSSR count). The number of rotatable bonds is 13. The normalized spacial score (nSPS) is 14.3. The largest absolute Gasteiger partial charge is 0.479 e. The summed E-state index contributed by atoms with van der Waals surface area (Å²) in [5.74, 6) is -4.42. The quantitative estimate of drug-likeness (QED) is 0.287. The molecule has 1 aromatic rings. The molecule has 0 aliphatic heterocycles. The Morgan fingerprint density at radius 3 is 1.86 bits per heavy atom. The van der Waals surface area contributed by atoms with Crippen molar-refractivity contribution in [3.05, 3.63) is 35.9 Å². The second kappa shape index (κ2) is 14.8. The average molecular weight is 526 g/mol. The van der Waals surface area contributed by atoms with E-state index in [9.17, 15) is 29.1 Å². The fourth-order valence-corrected chi connectivity index (χ4v) is 2.59. The van der Waals surface area contributed by atoms with Crippen molar-refractivity contribution < 1.29 is 52.8 Å². The van der Waals surface area contributed by atoms with Crippen LogP contribution in [0.2, 0.25) is 0 Å². The average Bonchev–Trinajstić information content (AvgIpc) is 2.80. The lowest BCUT2D eigenvalue weighted by Crippen LogP contribution is -2.39. The predicted molar refractivity (Wildman–Crippen MR) is 128 cm³/mol. The Kier molecular flexibility index (Phi) is 12.5. The molecular formula is C25H35NO11. The molecule has 0 bridgehead atoms. The van der Waals surface area contributed by atoms with Crippen LogP contribution in [-0.2, 0) is 49.5 Å². The molecule has 37 heavy (non-hydrogen) atoms. The first-order valence-electron chi connectivity index (χ1n) is 11.7. The number of carboxylic acid groups (broad SMARTS) is 1. The highest BCUT2D eigenvalue weighted by molar-refractivity contribution is 5.85. The molecular weight excluding hydrogens is 490 g/mol. The van der Waals surface area contributed by atoms with E-state index in [4.69, 9.17) is 23.7 Å². The van der Waals surface area contributed by atoms with Crippen LogP contribution < -0.4 is 5.32 Å². The zero-order valence-electron chi connectivity index (χ0n) is 21.8. The van der Waals surface area contributed by atoms with Crippen LogP contribution in [0.4, 0.5) is 4.79 Å². The standard InChI is InChI=1S/C25H35NO11/c1-15(33-14-18-10-8-7-9-11-18)21(29)34-16(2)22(30)35-17(3)23(31)36-19(20(27)28)12-13-26-24(32)37-25(4,5)6/h7-11,15-17,19H,12-14H2,1-6H3,(H,26,32)(H,27,28)/t15-,16-,17-,19-/m0/s1. The van der Waals surface area contributed by atoms with E-state index < -0.39 is 60.0 Å². The molecule has 1 amide bonds. The zero-order valence-corrected chi connectivity index (χ0v) is 21.8. The van der Waals surface area contributed by atoms with E-state index in [1.54, 1.807) is 20.8 Å². The summed E-state index contributed by atoms with van der Waals surface area (Å²) in [7, 11) is 0. The van der Waals surface area contributed by atoms with Gasteiger partial charge in [-0.1, -0.05) is 30.3 Å². The SMILES string of the molecule is C[C@H](OCc1ccccc1)C(=O)O[C@@H](C)C(=O)O[C@@H](C)C(=O)O[C@@H](CCNC(=O)OC(C)(C)C)C(=O)O. The molecule has 0 saturated carbocycles. The minimum absolute atomic E-state index is 0.148. The number of carbonyl (C=O) groups is 5. The minimum Gasteiger partial charge on any atom is -0.479 e. The lowest BCUT2D eigenvalue weighted by atomic mass is 10.2. The third-order valence-corrected chi connectivity index (χ3v) is 4.53. The van der Waals surface area contributed by atoms with Gasteiger partial charge in [-0.15, -0.1) is 0 Å². The number of alkyl carbamates (subject to hydrolysis) is 1.